The summed E-state index contributed by atoms with van der Waals surface area (Å²) in [6, 6.07) is 3.22. The number of nitrogens with one attached hydrogen (secondary N) is 1. The summed E-state index contributed by atoms with van der Waals surface area (Å²) >= 11 is 0. The van der Waals surface area contributed by atoms with Gasteiger partial charge in [0.15, 0.2) is 0 Å². The highest BCUT2D eigenvalue weighted by molar-refractivity contribution is 5.76. The minimum Gasteiger partial charge on any atom is -0.480 e. The number of piperidine rings is 1. The Morgan fingerprint density at radius 1 is 1.05 bits per heavy atom. The van der Waals surface area contributed by atoms with Gasteiger partial charge in [0.25, 0.3) is 0 Å². The maximum absolute atomic E-state index is 13.9. The molecule has 2 N–H and O–H groups in total. The van der Waals surface area contributed by atoms with E-state index in [0.717, 1.165) is 4.90 Å². The minimum atomic E-state index is -5.02. The molecule has 3 atom stereocenters. The number of nitrogens with zero attached hydrogens (tertiary/aromatic N) is 2. The molecule has 2 aromatic carbocycles. The van der Waals surface area contributed by atoms with Crippen LogP contribution in [0.2, 0.25) is 0 Å². The lowest BCUT2D eigenvalue weighted by molar-refractivity contribution is -0.143. The number of carbonyl (C=O) groups is 2. The second-order valence-corrected chi connectivity index (χ2v) is 10.6. The number of rotatable bonds is 4. The Hall–Kier alpha value is -3.35. The molecule has 0 saturated carbocycles. The summed E-state index contributed by atoms with van der Waals surface area (Å²) in [5, 5.41) is 12.6. The van der Waals surface area contributed by atoms with Gasteiger partial charge in [-0.3, -0.25) is 10.1 Å². The number of hydrogen-bond donors (Lipinski definition) is 2. The number of halogens is 7. The molecule has 2 fully saturated rings. The maximum Gasteiger partial charge on any atom is 0.416 e. The van der Waals surface area contributed by atoms with Crippen molar-refractivity contribution >= 4 is 12.0 Å². The first-order valence-corrected chi connectivity index (χ1v) is 12.6. The van der Waals surface area contributed by atoms with E-state index in [1.54, 1.807) is 6.92 Å². The zero-order valence-corrected chi connectivity index (χ0v) is 21.7. The number of urea groups is 1. The Kier molecular flexibility index (Phi) is 7.83. The van der Waals surface area contributed by atoms with Crippen molar-refractivity contribution in [2.75, 3.05) is 13.6 Å². The lowest BCUT2D eigenvalue weighted by atomic mass is 9.79. The molecule has 6 nitrogen and oxygen atoms in total. The van der Waals surface area contributed by atoms with Crippen molar-refractivity contribution in [2.24, 2.45) is 0 Å². The Morgan fingerprint density at radius 3 is 2.20 bits per heavy atom. The Balaban J connectivity index is 1.63. The SMILES string of the molecule is Cc1cc(F)ccc1[C@H]1C[C@]2(CCC(C(=O)O)N2)CCN1C(=O)N(C)Cc1cc(C(F)(F)F)cc(C(F)(F)F)c1. The first-order chi connectivity index (χ1) is 18.5. The molecule has 2 aliphatic heterocycles. The number of alkyl halides is 6. The Labute approximate surface area is 225 Å². The van der Waals surface area contributed by atoms with Crippen LogP contribution < -0.4 is 5.32 Å². The molecule has 0 bridgehead atoms. The number of benzene rings is 2. The molecule has 218 valence electrons. The van der Waals surface area contributed by atoms with E-state index < -0.39 is 65.5 Å². The monoisotopic (exact) mass is 575 g/mol. The first-order valence-electron chi connectivity index (χ1n) is 12.6. The molecular weight excluding hydrogens is 547 g/mol. The smallest absolute Gasteiger partial charge is 0.416 e. The normalized spacial score (nSPS) is 23.5. The van der Waals surface area contributed by atoms with Gasteiger partial charge in [-0.15, -0.1) is 0 Å². The summed E-state index contributed by atoms with van der Waals surface area (Å²) < 4.78 is 93.8. The third kappa shape index (κ3) is 6.18. The number of aryl methyl sites for hydroxylation is 1. The molecule has 0 aromatic heterocycles. The van der Waals surface area contributed by atoms with Gasteiger partial charge in [-0.2, -0.15) is 26.3 Å². The van der Waals surface area contributed by atoms with Crippen LogP contribution in [0.4, 0.5) is 35.5 Å². The summed E-state index contributed by atoms with van der Waals surface area (Å²) in [4.78, 5) is 27.7. The van der Waals surface area contributed by atoms with Crippen LogP contribution in [0.1, 0.15) is 59.5 Å². The molecule has 1 unspecified atom stereocenters. The standard InChI is InChI=1S/C27H28F7N3O3/c1-15-9-19(28)3-4-20(15)22-13-25(6-5-21(35-25)23(38)39)7-8-37(22)24(40)36(2)14-16-10-17(26(29,30)31)12-18(11-16)27(32,33)34/h3-4,9-12,21-22,35H,5-8,13-14H2,1-2H3,(H,38,39)/t21?,22-,25+/m1/s1. The topological polar surface area (TPSA) is 72.9 Å². The summed E-state index contributed by atoms with van der Waals surface area (Å²) in [7, 11) is 1.28. The van der Waals surface area contributed by atoms with Crippen molar-refractivity contribution in [3.05, 3.63) is 70.0 Å². The minimum absolute atomic E-state index is 0.0295. The van der Waals surface area contributed by atoms with Crippen molar-refractivity contribution < 1.29 is 45.4 Å². The van der Waals surface area contributed by atoms with Crippen LogP contribution in [0.3, 0.4) is 0 Å². The van der Waals surface area contributed by atoms with Crippen molar-refractivity contribution in [1.29, 1.82) is 0 Å². The Morgan fingerprint density at radius 2 is 1.68 bits per heavy atom. The van der Waals surface area contributed by atoms with Crippen LogP contribution in [-0.4, -0.2) is 52.1 Å². The fourth-order valence-electron chi connectivity index (χ4n) is 5.74. The van der Waals surface area contributed by atoms with Gasteiger partial charge < -0.3 is 14.9 Å². The molecule has 2 saturated heterocycles. The van der Waals surface area contributed by atoms with Gasteiger partial charge in [0.2, 0.25) is 0 Å². The average Bonchev–Trinajstić information content (AvgIpc) is 3.26. The molecule has 0 radical (unpaired) electrons. The molecule has 0 aliphatic carbocycles. The molecule has 4 rings (SSSR count). The van der Waals surface area contributed by atoms with E-state index in [9.17, 15) is 45.4 Å². The number of hydrogen-bond acceptors (Lipinski definition) is 3. The van der Waals surface area contributed by atoms with Crippen LogP contribution in [0.15, 0.2) is 36.4 Å². The summed E-state index contributed by atoms with van der Waals surface area (Å²) in [6.07, 6.45) is -8.45. The van der Waals surface area contributed by atoms with Crippen LogP contribution in [-0.2, 0) is 23.7 Å². The summed E-state index contributed by atoms with van der Waals surface area (Å²) in [6.45, 7) is 1.28. The highest BCUT2D eigenvalue weighted by Gasteiger charge is 2.48. The molecule has 40 heavy (non-hydrogen) atoms. The number of amides is 2. The number of aliphatic carboxylic acids is 1. The Bertz CT molecular complexity index is 1260. The zero-order valence-electron chi connectivity index (χ0n) is 21.7. The lowest BCUT2D eigenvalue weighted by Crippen LogP contribution is -2.56. The van der Waals surface area contributed by atoms with E-state index in [1.165, 1.54) is 30.1 Å². The number of carboxylic acid groups (broad SMARTS) is 1. The predicted octanol–water partition coefficient (Wildman–Crippen LogP) is 6.14. The maximum atomic E-state index is 13.9. The fraction of sp³-hybridized carbons (Fsp3) is 0.481. The molecule has 2 aromatic rings. The van der Waals surface area contributed by atoms with Gasteiger partial charge >= 0.3 is 24.4 Å². The molecular formula is C27H28F7N3O3. The van der Waals surface area contributed by atoms with Crippen molar-refractivity contribution in [3.63, 3.8) is 0 Å². The van der Waals surface area contributed by atoms with Gasteiger partial charge in [0.05, 0.1) is 17.2 Å². The van der Waals surface area contributed by atoms with Crippen molar-refractivity contribution in [1.82, 2.24) is 15.1 Å². The largest absolute Gasteiger partial charge is 0.480 e. The van der Waals surface area contributed by atoms with Crippen LogP contribution in [0.5, 0.6) is 0 Å². The molecule has 2 amide bonds. The van der Waals surface area contributed by atoms with E-state index in [0.29, 0.717) is 48.9 Å². The summed E-state index contributed by atoms with van der Waals surface area (Å²) in [5.74, 6) is -1.49. The van der Waals surface area contributed by atoms with Gasteiger partial charge in [0, 0.05) is 25.7 Å². The van der Waals surface area contributed by atoms with Gasteiger partial charge in [0.1, 0.15) is 11.9 Å². The highest BCUT2D eigenvalue weighted by atomic mass is 19.4. The number of carboxylic acids is 1. The molecule has 13 heteroatoms. The summed E-state index contributed by atoms with van der Waals surface area (Å²) in [5.41, 5.74) is -2.74. The first kappa shape index (κ1) is 29.6. The van der Waals surface area contributed by atoms with Crippen LogP contribution in [0, 0.1) is 12.7 Å². The van der Waals surface area contributed by atoms with E-state index in [-0.39, 0.29) is 18.2 Å². The third-order valence-electron chi connectivity index (χ3n) is 7.71. The zero-order chi connectivity index (χ0) is 29.6. The van der Waals surface area contributed by atoms with Crippen molar-refractivity contribution in [2.45, 2.75) is 69.1 Å². The van der Waals surface area contributed by atoms with Gasteiger partial charge in [-0.1, -0.05) is 6.07 Å². The quantitative estimate of drug-likeness (QED) is 0.430. The number of likely N-dealkylation sites (tertiary alicyclic amines) is 1. The van der Waals surface area contributed by atoms with E-state index >= 15 is 0 Å². The van der Waals surface area contributed by atoms with E-state index in [1.807, 2.05) is 0 Å². The van der Waals surface area contributed by atoms with Crippen LogP contribution in [0.25, 0.3) is 0 Å². The molecule has 1 spiro atoms. The third-order valence-corrected chi connectivity index (χ3v) is 7.71. The second-order valence-electron chi connectivity index (χ2n) is 10.6. The fourth-order valence-corrected chi connectivity index (χ4v) is 5.74. The lowest BCUT2D eigenvalue weighted by Gasteiger charge is -2.47. The second kappa shape index (κ2) is 10.6. The predicted molar refractivity (Wildman–Crippen MR) is 130 cm³/mol. The van der Waals surface area contributed by atoms with Crippen molar-refractivity contribution in [3.8, 4) is 0 Å². The highest BCUT2D eigenvalue weighted by Crippen LogP contribution is 2.44. The molecule has 2 heterocycles. The number of carbonyl (C=O) groups excluding carboxylic acids is 1. The van der Waals surface area contributed by atoms with Gasteiger partial charge in [-0.25, -0.2) is 9.18 Å². The molecule has 2 aliphatic rings. The van der Waals surface area contributed by atoms with Gasteiger partial charge in [-0.05, 0) is 79.6 Å². The van der Waals surface area contributed by atoms with Crippen LogP contribution >= 0.6 is 0 Å². The average molecular weight is 576 g/mol. The van der Waals surface area contributed by atoms with E-state index in [4.69, 9.17) is 0 Å². The van der Waals surface area contributed by atoms with E-state index in [2.05, 4.69) is 5.32 Å².